The fourth-order valence-electron chi connectivity index (χ4n) is 3.14. The van der Waals surface area contributed by atoms with E-state index in [-0.39, 0.29) is 29.6 Å². The van der Waals surface area contributed by atoms with Gasteiger partial charge in [0.1, 0.15) is 5.82 Å². The van der Waals surface area contributed by atoms with E-state index in [1.54, 1.807) is 23.1 Å². The molecule has 0 spiro atoms. The number of nitriles is 1. The van der Waals surface area contributed by atoms with Gasteiger partial charge in [0, 0.05) is 44.7 Å². The van der Waals surface area contributed by atoms with Gasteiger partial charge >= 0.3 is 0 Å². The number of halogens is 1. The maximum Gasteiger partial charge on any atom is 0.253 e. The lowest BCUT2D eigenvalue weighted by Gasteiger charge is -2.36. The number of amides is 1. The molecule has 0 saturated carbocycles. The lowest BCUT2D eigenvalue weighted by atomic mass is 10.1. The second-order valence-electron chi connectivity index (χ2n) is 6.56. The van der Waals surface area contributed by atoms with Crippen molar-refractivity contribution in [1.29, 1.82) is 5.26 Å². The lowest BCUT2D eigenvalue weighted by molar-refractivity contribution is 0.0746. The number of hydrogen-bond acceptors (Lipinski definition) is 5. The highest BCUT2D eigenvalue weighted by atomic mass is 32.2. The third-order valence-electron chi connectivity index (χ3n) is 4.70. The molecular weight excluding hydrogens is 395 g/mol. The molecular formula is C20H21FN4O3S. The molecule has 0 unspecified atom stereocenters. The molecule has 0 atom stereocenters. The Balaban J connectivity index is 1.62. The number of hydrogen-bond donors (Lipinski definition) is 1. The molecule has 1 N–H and O–H groups in total. The lowest BCUT2D eigenvalue weighted by Crippen LogP contribution is -2.49. The number of nitrogens with one attached hydrogen (secondary N) is 1. The summed E-state index contributed by atoms with van der Waals surface area (Å²) in [5.41, 5.74) is 0.915. The number of carbonyl (C=O) groups excluding carboxylic acids is 1. The molecule has 1 saturated heterocycles. The normalized spacial score (nSPS) is 14.5. The van der Waals surface area contributed by atoms with Crippen LogP contribution in [0.4, 0.5) is 10.1 Å². The van der Waals surface area contributed by atoms with Crippen LogP contribution in [0.25, 0.3) is 0 Å². The van der Waals surface area contributed by atoms with E-state index in [0.717, 1.165) is 0 Å². The molecule has 2 aromatic carbocycles. The van der Waals surface area contributed by atoms with E-state index < -0.39 is 10.0 Å². The van der Waals surface area contributed by atoms with Crippen LogP contribution in [0.3, 0.4) is 0 Å². The fourth-order valence-corrected chi connectivity index (χ4v) is 4.17. The van der Waals surface area contributed by atoms with E-state index in [4.69, 9.17) is 5.26 Å². The van der Waals surface area contributed by atoms with Crippen LogP contribution in [0.1, 0.15) is 16.8 Å². The van der Waals surface area contributed by atoms with E-state index in [9.17, 15) is 17.6 Å². The van der Waals surface area contributed by atoms with Crippen molar-refractivity contribution in [3.05, 3.63) is 59.9 Å². The highest BCUT2D eigenvalue weighted by Crippen LogP contribution is 2.21. The van der Waals surface area contributed by atoms with Crippen molar-refractivity contribution in [3.63, 3.8) is 0 Å². The van der Waals surface area contributed by atoms with E-state index in [0.29, 0.717) is 37.4 Å². The minimum Gasteiger partial charge on any atom is -0.366 e. The number of benzene rings is 2. The zero-order valence-corrected chi connectivity index (χ0v) is 16.5. The molecule has 3 rings (SSSR count). The third kappa shape index (κ3) is 4.91. The number of carbonyl (C=O) groups is 1. The van der Waals surface area contributed by atoms with Gasteiger partial charge in [-0.1, -0.05) is 12.1 Å². The minimum absolute atomic E-state index is 0.0335. The SMILES string of the molecule is N#CCCNS(=O)(=O)c1ccc(C(=O)N2CCN(c3ccccc3F)CC2)cc1. The van der Waals surface area contributed by atoms with Crippen LogP contribution in [0.15, 0.2) is 53.4 Å². The standard InChI is InChI=1S/C20H21FN4O3S/c21-18-4-1-2-5-19(18)24-12-14-25(15-13-24)20(26)16-6-8-17(9-7-16)29(27,28)23-11-3-10-22/h1-2,4-9,23H,3,11-15H2. The third-order valence-corrected chi connectivity index (χ3v) is 6.18. The van der Waals surface area contributed by atoms with E-state index in [1.165, 1.54) is 30.3 Å². The van der Waals surface area contributed by atoms with Crippen molar-refractivity contribution in [1.82, 2.24) is 9.62 Å². The maximum absolute atomic E-state index is 13.9. The first-order valence-corrected chi connectivity index (χ1v) is 10.7. The van der Waals surface area contributed by atoms with E-state index in [2.05, 4.69) is 4.72 Å². The molecule has 152 valence electrons. The summed E-state index contributed by atoms with van der Waals surface area (Å²) in [5, 5.41) is 8.50. The summed E-state index contributed by atoms with van der Waals surface area (Å²) in [7, 11) is -3.71. The Bertz CT molecular complexity index is 1010. The van der Waals surface area contributed by atoms with Crippen molar-refractivity contribution in [3.8, 4) is 6.07 Å². The van der Waals surface area contributed by atoms with Crippen molar-refractivity contribution in [2.75, 3.05) is 37.6 Å². The first kappa shape index (κ1) is 20.8. The molecule has 1 heterocycles. The Morgan fingerprint density at radius 2 is 1.72 bits per heavy atom. The fraction of sp³-hybridized carbons (Fsp3) is 0.300. The van der Waals surface area contributed by atoms with Gasteiger partial charge in [-0.25, -0.2) is 17.5 Å². The van der Waals surface area contributed by atoms with Gasteiger partial charge in [0.25, 0.3) is 5.91 Å². The number of piperazine rings is 1. The molecule has 0 bridgehead atoms. The van der Waals surface area contributed by atoms with Crippen LogP contribution in [0.5, 0.6) is 0 Å². The Morgan fingerprint density at radius 3 is 2.34 bits per heavy atom. The molecule has 29 heavy (non-hydrogen) atoms. The average Bonchev–Trinajstić information content (AvgIpc) is 2.74. The van der Waals surface area contributed by atoms with Crippen LogP contribution in [0, 0.1) is 17.1 Å². The summed E-state index contributed by atoms with van der Waals surface area (Å²) >= 11 is 0. The predicted octanol–water partition coefficient (Wildman–Crippen LogP) is 1.98. The first-order chi connectivity index (χ1) is 13.9. The Labute approximate surface area is 169 Å². The highest BCUT2D eigenvalue weighted by molar-refractivity contribution is 7.89. The highest BCUT2D eigenvalue weighted by Gasteiger charge is 2.24. The summed E-state index contributed by atoms with van der Waals surface area (Å²) in [5.74, 6) is -0.480. The zero-order chi connectivity index (χ0) is 20.9. The second-order valence-corrected chi connectivity index (χ2v) is 8.33. The van der Waals surface area contributed by atoms with Crippen LogP contribution < -0.4 is 9.62 Å². The summed E-state index contributed by atoms with van der Waals surface area (Å²) in [6.45, 7) is 1.96. The van der Waals surface area contributed by atoms with Gasteiger partial charge in [-0.2, -0.15) is 5.26 Å². The monoisotopic (exact) mass is 416 g/mol. The van der Waals surface area contributed by atoms with Crippen LogP contribution >= 0.6 is 0 Å². The quantitative estimate of drug-likeness (QED) is 0.727. The second kappa shape index (κ2) is 9.03. The number of rotatable bonds is 6. The smallest absolute Gasteiger partial charge is 0.253 e. The van der Waals surface area contributed by atoms with Crippen LogP contribution in [-0.2, 0) is 10.0 Å². The average molecular weight is 416 g/mol. The van der Waals surface area contributed by atoms with Gasteiger partial charge in [0.05, 0.1) is 16.7 Å². The zero-order valence-electron chi connectivity index (χ0n) is 15.7. The Morgan fingerprint density at radius 1 is 1.07 bits per heavy atom. The van der Waals surface area contributed by atoms with Crippen molar-refractivity contribution in [2.24, 2.45) is 0 Å². The molecule has 0 aliphatic carbocycles. The summed E-state index contributed by atoms with van der Waals surface area (Å²) < 4.78 is 40.5. The molecule has 2 aromatic rings. The Hall–Kier alpha value is -2.96. The van der Waals surface area contributed by atoms with E-state index >= 15 is 0 Å². The van der Waals surface area contributed by atoms with Gasteiger partial charge in [0.2, 0.25) is 10.0 Å². The van der Waals surface area contributed by atoms with Gasteiger partial charge < -0.3 is 9.80 Å². The molecule has 9 heteroatoms. The van der Waals surface area contributed by atoms with Crippen molar-refractivity contribution in [2.45, 2.75) is 11.3 Å². The molecule has 1 aliphatic rings. The van der Waals surface area contributed by atoms with Crippen molar-refractivity contribution >= 4 is 21.6 Å². The maximum atomic E-state index is 13.9. The van der Waals surface area contributed by atoms with Gasteiger partial charge in [0.15, 0.2) is 0 Å². The summed E-state index contributed by atoms with van der Waals surface area (Å²) in [4.78, 5) is 16.3. The van der Waals surface area contributed by atoms with Crippen LogP contribution in [-0.4, -0.2) is 51.9 Å². The van der Waals surface area contributed by atoms with Crippen LogP contribution in [0.2, 0.25) is 0 Å². The van der Waals surface area contributed by atoms with Gasteiger partial charge in [-0.05, 0) is 36.4 Å². The summed E-state index contributed by atoms with van der Waals surface area (Å²) in [6.07, 6.45) is 0.0780. The molecule has 7 nitrogen and oxygen atoms in total. The first-order valence-electron chi connectivity index (χ1n) is 9.18. The molecule has 0 radical (unpaired) electrons. The summed E-state index contributed by atoms with van der Waals surface area (Å²) in [6, 6.07) is 14.1. The molecule has 1 amide bonds. The molecule has 0 aromatic heterocycles. The Kier molecular flexibility index (Phi) is 6.46. The molecule has 1 fully saturated rings. The molecule has 1 aliphatic heterocycles. The van der Waals surface area contributed by atoms with Gasteiger partial charge in [-0.15, -0.1) is 0 Å². The largest absolute Gasteiger partial charge is 0.366 e. The topological polar surface area (TPSA) is 93.5 Å². The minimum atomic E-state index is -3.71. The van der Waals surface area contributed by atoms with Gasteiger partial charge in [-0.3, -0.25) is 4.79 Å². The predicted molar refractivity (Wildman–Crippen MR) is 106 cm³/mol. The number of sulfonamides is 1. The number of para-hydroxylation sites is 1. The van der Waals surface area contributed by atoms with E-state index in [1.807, 2.05) is 11.0 Å². The number of nitrogens with zero attached hydrogens (tertiary/aromatic N) is 3. The van der Waals surface area contributed by atoms with Crippen molar-refractivity contribution < 1.29 is 17.6 Å². The number of anilines is 1.